The number of benzene rings is 1. The number of para-hydroxylation sites is 1. The summed E-state index contributed by atoms with van der Waals surface area (Å²) in [7, 11) is 2.16. The molecule has 114 valence electrons. The maximum Gasteiger partial charge on any atom is 0.136 e. The fourth-order valence-corrected chi connectivity index (χ4v) is 3.18. The largest absolute Gasteiger partial charge is 0.359 e. The fourth-order valence-electron chi connectivity index (χ4n) is 2.53. The van der Waals surface area contributed by atoms with Gasteiger partial charge in [-0.2, -0.15) is 5.10 Å². The molecule has 0 bridgehead atoms. The summed E-state index contributed by atoms with van der Waals surface area (Å²) in [5.41, 5.74) is 3.46. The van der Waals surface area contributed by atoms with Crippen molar-refractivity contribution in [3.05, 3.63) is 41.6 Å². The molecule has 0 saturated heterocycles. The molecule has 1 unspecified atom stereocenters. The molecule has 1 heterocycles. The molecule has 0 aliphatic rings. The number of alkyl halides is 1. The van der Waals surface area contributed by atoms with Crippen LogP contribution in [0.2, 0.25) is 0 Å². The molecule has 2 rings (SSSR count). The van der Waals surface area contributed by atoms with Crippen LogP contribution in [0.3, 0.4) is 0 Å². The monoisotopic (exact) mass is 349 g/mol. The van der Waals surface area contributed by atoms with E-state index in [0.717, 1.165) is 23.3 Å². The Balaban J connectivity index is 2.47. The quantitative estimate of drug-likeness (QED) is 0.712. The van der Waals surface area contributed by atoms with E-state index in [4.69, 9.17) is 5.10 Å². The Kier molecular flexibility index (Phi) is 5.45. The number of nitrogens with zero attached hydrogens (tertiary/aromatic N) is 3. The summed E-state index contributed by atoms with van der Waals surface area (Å²) in [5, 5.41) is 5.58. The first-order valence-electron chi connectivity index (χ1n) is 7.49. The van der Waals surface area contributed by atoms with Crippen LogP contribution < -0.4 is 4.90 Å². The summed E-state index contributed by atoms with van der Waals surface area (Å²) in [5.74, 6) is 1.86. The van der Waals surface area contributed by atoms with Crippen LogP contribution in [0.5, 0.6) is 0 Å². The number of hydrogen-bond acceptors (Lipinski definition) is 2. The zero-order valence-electron chi connectivity index (χ0n) is 13.3. The predicted octanol–water partition coefficient (Wildman–Crippen LogP) is 4.56. The average Bonchev–Trinajstić information content (AvgIpc) is 2.84. The predicted molar refractivity (Wildman–Crippen MR) is 93.7 cm³/mol. The van der Waals surface area contributed by atoms with Crippen LogP contribution in [0.1, 0.15) is 31.5 Å². The summed E-state index contributed by atoms with van der Waals surface area (Å²) < 4.78 is 2.06. The number of anilines is 1. The smallest absolute Gasteiger partial charge is 0.136 e. The second kappa shape index (κ2) is 7.12. The Morgan fingerprint density at radius 1 is 1.29 bits per heavy atom. The van der Waals surface area contributed by atoms with Crippen molar-refractivity contribution in [2.24, 2.45) is 5.92 Å². The summed E-state index contributed by atoms with van der Waals surface area (Å²) in [4.78, 5) is 2.33. The number of aromatic nitrogens is 2. The zero-order valence-corrected chi connectivity index (χ0v) is 14.9. The first kappa shape index (κ1) is 16.1. The van der Waals surface area contributed by atoms with Gasteiger partial charge < -0.3 is 4.90 Å². The Labute approximate surface area is 136 Å². The highest BCUT2D eigenvalue weighted by molar-refractivity contribution is 9.08. The van der Waals surface area contributed by atoms with Gasteiger partial charge in [0.15, 0.2) is 0 Å². The van der Waals surface area contributed by atoms with Gasteiger partial charge in [0, 0.05) is 24.5 Å². The minimum atomic E-state index is 0.664. The van der Waals surface area contributed by atoms with Gasteiger partial charge in [-0.25, -0.2) is 4.68 Å². The SMILES string of the molecule is CCC(C)CN(C)c1c(CBr)c(C)nn1-c1ccccc1. The fraction of sp³-hybridized carbons (Fsp3) is 0.471. The van der Waals surface area contributed by atoms with Crippen LogP contribution in [-0.2, 0) is 5.33 Å². The van der Waals surface area contributed by atoms with E-state index in [1.165, 1.54) is 17.8 Å². The molecule has 2 aromatic rings. The Bertz CT molecular complexity index is 577. The van der Waals surface area contributed by atoms with Gasteiger partial charge in [0.05, 0.1) is 11.4 Å². The van der Waals surface area contributed by atoms with E-state index < -0.39 is 0 Å². The van der Waals surface area contributed by atoms with Crippen LogP contribution in [0.15, 0.2) is 30.3 Å². The van der Waals surface area contributed by atoms with Crippen molar-refractivity contribution in [1.82, 2.24) is 9.78 Å². The van der Waals surface area contributed by atoms with Crippen LogP contribution in [0, 0.1) is 12.8 Å². The normalized spacial score (nSPS) is 12.4. The molecule has 4 heteroatoms. The van der Waals surface area contributed by atoms with Gasteiger partial charge in [-0.1, -0.05) is 54.4 Å². The molecule has 0 spiro atoms. The van der Waals surface area contributed by atoms with E-state index in [1.807, 2.05) is 6.07 Å². The van der Waals surface area contributed by atoms with E-state index in [0.29, 0.717) is 5.92 Å². The molecule has 0 fully saturated rings. The van der Waals surface area contributed by atoms with Crippen LogP contribution in [0.4, 0.5) is 5.82 Å². The molecule has 0 amide bonds. The van der Waals surface area contributed by atoms with E-state index >= 15 is 0 Å². The first-order valence-corrected chi connectivity index (χ1v) is 8.61. The van der Waals surface area contributed by atoms with Crippen molar-refractivity contribution in [3.8, 4) is 5.69 Å². The molecule has 1 atom stereocenters. The van der Waals surface area contributed by atoms with Crippen molar-refractivity contribution >= 4 is 21.7 Å². The van der Waals surface area contributed by atoms with Gasteiger partial charge in [-0.3, -0.25) is 0 Å². The van der Waals surface area contributed by atoms with Crippen LogP contribution in [0.25, 0.3) is 5.69 Å². The third-order valence-corrected chi connectivity index (χ3v) is 4.50. The number of halogens is 1. The van der Waals surface area contributed by atoms with E-state index in [2.05, 4.69) is 77.6 Å². The van der Waals surface area contributed by atoms with Gasteiger partial charge in [-0.05, 0) is 25.0 Å². The minimum absolute atomic E-state index is 0.664. The zero-order chi connectivity index (χ0) is 15.4. The summed E-state index contributed by atoms with van der Waals surface area (Å²) >= 11 is 3.62. The molecule has 0 saturated carbocycles. The van der Waals surface area contributed by atoms with Crippen LogP contribution in [-0.4, -0.2) is 23.4 Å². The lowest BCUT2D eigenvalue weighted by molar-refractivity contribution is 0.554. The Morgan fingerprint density at radius 2 is 1.95 bits per heavy atom. The van der Waals surface area contributed by atoms with E-state index in [1.54, 1.807) is 0 Å². The van der Waals surface area contributed by atoms with Crippen molar-refractivity contribution in [2.45, 2.75) is 32.5 Å². The van der Waals surface area contributed by atoms with Gasteiger partial charge in [0.1, 0.15) is 5.82 Å². The van der Waals surface area contributed by atoms with Gasteiger partial charge in [-0.15, -0.1) is 0 Å². The van der Waals surface area contributed by atoms with Crippen molar-refractivity contribution in [3.63, 3.8) is 0 Å². The van der Waals surface area contributed by atoms with Crippen molar-refractivity contribution < 1.29 is 0 Å². The summed E-state index contributed by atoms with van der Waals surface area (Å²) in [6.07, 6.45) is 1.19. The molecular formula is C17H24BrN3. The van der Waals surface area contributed by atoms with Gasteiger partial charge in [0.2, 0.25) is 0 Å². The molecule has 1 aromatic heterocycles. The van der Waals surface area contributed by atoms with E-state index in [-0.39, 0.29) is 0 Å². The lowest BCUT2D eigenvalue weighted by atomic mass is 10.1. The first-order chi connectivity index (χ1) is 10.1. The highest BCUT2D eigenvalue weighted by atomic mass is 79.9. The summed E-state index contributed by atoms with van der Waals surface area (Å²) in [6, 6.07) is 10.3. The second-order valence-electron chi connectivity index (χ2n) is 5.66. The minimum Gasteiger partial charge on any atom is -0.359 e. The maximum atomic E-state index is 4.75. The molecule has 0 aliphatic carbocycles. The molecule has 0 N–H and O–H groups in total. The molecule has 0 radical (unpaired) electrons. The molecule has 0 aliphatic heterocycles. The van der Waals surface area contributed by atoms with Gasteiger partial charge >= 0.3 is 0 Å². The topological polar surface area (TPSA) is 21.1 Å². The lowest BCUT2D eigenvalue weighted by Crippen LogP contribution is -2.26. The number of aryl methyl sites for hydroxylation is 1. The summed E-state index contributed by atoms with van der Waals surface area (Å²) in [6.45, 7) is 7.65. The van der Waals surface area contributed by atoms with Gasteiger partial charge in [0.25, 0.3) is 0 Å². The standard InChI is InChI=1S/C17H24BrN3/c1-5-13(2)12-20(4)17-16(11-18)14(3)19-21(17)15-9-7-6-8-10-15/h6-10,13H,5,11-12H2,1-4H3. The molecule has 1 aromatic carbocycles. The number of rotatable bonds is 6. The number of hydrogen-bond donors (Lipinski definition) is 0. The highest BCUT2D eigenvalue weighted by Crippen LogP contribution is 2.29. The maximum absolute atomic E-state index is 4.75. The van der Waals surface area contributed by atoms with E-state index in [9.17, 15) is 0 Å². The van der Waals surface area contributed by atoms with Crippen molar-refractivity contribution in [2.75, 3.05) is 18.5 Å². The highest BCUT2D eigenvalue weighted by Gasteiger charge is 2.19. The Hall–Kier alpha value is -1.29. The molecule has 21 heavy (non-hydrogen) atoms. The third kappa shape index (κ3) is 3.49. The second-order valence-corrected chi connectivity index (χ2v) is 6.22. The Morgan fingerprint density at radius 3 is 2.52 bits per heavy atom. The third-order valence-electron chi connectivity index (χ3n) is 3.94. The average molecular weight is 350 g/mol. The van der Waals surface area contributed by atoms with Crippen LogP contribution >= 0.6 is 15.9 Å². The lowest BCUT2D eigenvalue weighted by Gasteiger charge is -2.24. The van der Waals surface area contributed by atoms with Crippen molar-refractivity contribution in [1.29, 1.82) is 0 Å². The molecular weight excluding hydrogens is 326 g/mol. The molecule has 3 nitrogen and oxygen atoms in total.